The predicted octanol–water partition coefficient (Wildman–Crippen LogP) is 0.647. The number of rotatable bonds is 5. The second-order valence-electron chi connectivity index (χ2n) is 5.25. The first-order valence-electron chi connectivity index (χ1n) is 7.68. The van der Waals surface area contributed by atoms with Crippen LogP contribution in [0.5, 0.6) is 5.88 Å². The summed E-state index contributed by atoms with van der Waals surface area (Å²) in [6.45, 7) is 3.21. The highest BCUT2D eigenvalue weighted by Gasteiger charge is 2.15. The van der Waals surface area contributed by atoms with Crippen molar-refractivity contribution in [3.63, 3.8) is 0 Å². The van der Waals surface area contributed by atoms with Gasteiger partial charge in [0.1, 0.15) is 17.8 Å². The number of pyridine rings is 1. The Hall–Kier alpha value is -2.74. The molecule has 0 bridgehead atoms. The zero-order valence-electron chi connectivity index (χ0n) is 13.4. The normalized spacial score (nSPS) is 14.3. The fourth-order valence-corrected chi connectivity index (χ4v) is 2.35. The van der Waals surface area contributed by atoms with Gasteiger partial charge in [0, 0.05) is 38.0 Å². The minimum atomic E-state index is -0.247. The van der Waals surface area contributed by atoms with E-state index >= 15 is 0 Å². The molecule has 0 saturated carbocycles. The van der Waals surface area contributed by atoms with E-state index in [0.717, 1.165) is 24.5 Å². The fraction of sp³-hybridized carbons (Fsp3) is 0.375. The Morgan fingerprint density at radius 1 is 1.29 bits per heavy atom. The fourth-order valence-electron chi connectivity index (χ4n) is 2.35. The van der Waals surface area contributed by atoms with Gasteiger partial charge in [0.05, 0.1) is 20.3 Å². The van der Waals surface area contributed by atoms with E-state index < -0.39 is 0 Å². The van der Waals surface area contributed by atoms with Crippen LogP contribution in [0.25, 0.3) is 0 Å². The number of methoxy groups -OCH3 is 1. The van der Waals surface area contributed by atoms with Gasteiger partial charge >= 0.3 is 0 Å². The van der Waals surface area contributed by atoms with E-state index in [1.165, 1.54) is 6.33 Å². The van der Waals surface area contributed by atoms with E-state index in [-0.39, 0.29) is 5.91 Å². The van der Waals surface area contributed by atoms with Gasteiger partial charge in [0.2, 0.25) is 5.88 Å². The lowest BCUT2D eigenvalue weighted by molar-refractivity contribution is 0.0945. The first-order chi connectivity index (χ1) is 11.8. The van der Waals surface area contributed by atoms with Crippen molar-refractivity contribution in [1.29, 1.82) is 0 Å². The van der Waals surface area contributed by atoms with Crippen LogP contribution < -0.4 is 15.0 Å². The lowest BCUT2D eigenvalue weighted by Crippen LogP contribution is -2.37. The Kier molecular flexibility index (Phi) is 5.17. The van der Waals surface area contributed by atoms with Crippen LogP contribution in [0.2, 0.25) is 0 Å². The number of nitrogens with one attached hydrogen (secondary N) is 1. The van der Waals surface area contributed by atoms with E-state index in [9.17, 15) is 4.79 Å². The van der Waals surface area contributed by atoms with Crippen LogP contribution in [0.15, 0.2) is 30.7 Å². The molecule has 1 N–H and O–H groups in total. The number of carbonyl (C=O) groups is 1. The molecule has 2 aromatic heterocycles. The summed E-state index contributed by atoms with van der Waals surface area (Å²) in [7, 11) is 1.56. The standard InChI is InChI=1S/C16H19N5O3/c1-23-15-3-2-12(9-17-15)10-18-16(22)13-8-14(20-11-19-13)21-4-6-24-7-5-21/h2-3,8-9,11H,4-7,10H2,1H3,(H,18,22). The summed E-state index contributed by atoms with van der Waals surface area (Å²) in [6.07, 6.45) is 3.08. The van der Waals surface area contributed by atoms with Crippen molar-refractivity contribution in [1.82, 2.24) is 20.3 Å². The lowest BCUT2D eigenvalue weighted by Gasteiger charge is -2.27. The van der Waals surface area contributed by atoms with E-state index in [2.05, 4.69) is 25.2 Å². The van der Waals surface area contributed by atoms with E-state index in [1.54, 1.807) is 25.4 Å². The Morgan fingerprint density at radius 2 is 2.12 bits per heavy atom. The maximum Gasteiger partial charge on any atom is 0.270 e. The number of carbonyl (C=O) groups excluding carboxylic acids is 1. The minimum absolute atomic E-state index is 0.247. The van der Waals surface area contributed by atoms with Gasteiger partial charge in [0.25, 0.3) is 5.91 Å². The molecule has 0 aromatic carbocycles. The summed E-state index contributed by atoms with van der Waals surface area (Å²) in [6, 6.07) is 5.31. The van der Waals surface area contributed by atoms with Crippen molar-refractivity contribution in [2.75, 3.05) is 38.3 Å². The molecule has 3 rings (SSSR count). The molecule has 0 unspecified atom stereocenters. The molecule has 1 fully saturated rings. The van der Waals surface area contributed by atoms with Crippen molar-refractivity contribution < 1.29 is 14.3 Å². The minimum Gasteiger partial charge on any atom is -0.481 e. The van der Waals surface area contributed by atoms with Crippen LogP contribution in [0, 0.1) is 0 Å². The SMILES string of the molecule is COc1ccc(CNC(=O)c2cc(N3CCOCC3)ncn2)cn1. The average molecular weight is 329 g/mol. The molecule has 8 heteroatoms. The quantitative estimate of drug-likeness (QED) is 0.861. The number of hydrogen-bond acceptors (Lipinski definition) is 7. The molecule has 2 aromatic rings. The molecular formula is C16H19N5O3. The summed E-state index contributed by atoms with van der Waals surface area (Å²) in [5, 5.41) is 2.83. The van der Waals surface area contributed by atoms with Crippen LogP contribution in [0.4, 0.5) is 5.82 Å². The molecule has 126 valence electrons. The Bertz CT molecular complexity index is 686. The molecule has 0 atom stereocenters. The van der Waals surface area contributed by atoms with Gasteiger partial charge in [-0.2, -0.15) is 0 Å². The summed E-state index contributed by atoms with van der Waals surface area (Å²) < 4.78 is 10.3. The lowest BCUT2D eigenvalue weighted by atomic mass is 10.2. The van der Waals surface area contributed by atoms with Crippen LogP contribution in [-0.4, -0.2) is 54.3 Å². The van der Waals surface area contributed by atoms with Crippen molar-refractivity contribution in [2.45, 2.75) is 6.54 Å². The van der Waals surface area contributed by atoms with E-state index in [1.807, 2.05) is 6.07 Å². The molecule has 1 aliphatic rings. The van der Waals surface area contributed by atoms with Gasteiger partial charge in [-0.25, -0.2) is 15.0 Å². The van der Waals surface area contributed by atoms with Crippen molar-refractivity contribution in [3.8, 4) is 5.88 Å². The van der Waals surface area contributed by atoms with E-state index in [0.29, 0.717) is 31.3 Å². The largest absolute Gasteiger partial charge is 0.481 e. The number of amides is 1. The average Bonchev–Trinajstić information content (AvgIpc) is 2.67. The highest BCUT2D eigenvalue weighted by Crippen LogP contribution is 2.13. The van der Waals surface area contributed by atoms with Crippen LogP contribution in [-0.2, 0) is 11.3 Å². The van der Waals surface area contributed by atoms with Crippen molar-refractivity contribution in [2.24, 2.45) is 0 Å². The third kappa shape index (κ3) is 3.96. The summed E-state index contributed by atoms with van der Waals surface area (Å²) in [4.78, 5) is 26.8. The van der Waals surface area contributed by atoms with Gasteiger partial charge < -0.3 is 19.7 Å². The van der Waals surface area contributed by atoms with Crippen LogP contribution >= 0.6 is 0 Å². The molecule has 0 radical (unpaired) electrons. The third-order valence-electron chi connectivity index (χ3n) is 3.68. The summed E-state index contributed by atoms with van der Waals surface area (Å²) in [5.74, 6) is 1.03. The Labute approximate surface area is 139 Å². The molecule has 1 amide bonds. The first-order valence-corrected chi connectivity index (χ1v) is 7.68. The molecular weight excluding hydrogens is 310 g/mol. The highest BCUT2D eigenvalue weighted by molar-refractivity contribution is 5.92. The first kappa shape index (κ1) is 16.1. The molecule has 3 heterocycles. The third-order valence-corrected chi connectivity index (χ3v) is 3.68. The zero-order valence-corrected chi connectivity index (χ0v) is 13.4. The number of hydrogen-bond donors (Lipinski definition) is 1. The Balaban J connectivity index is 1.61. The number of ether oxygens (including phenoxy) is 2. The summed E-state index contributed by atoms with van der Waals surface area (Å²) in [5.41, 5.74) is 1.22. The van der Waals surface area contributed by atoms with Crippen molar-refractivity contribution in [3.05, 3.63) is 42.0 Å². The van der Waals surface area contributed by atoms with Gasteiger partial charge in [-0.3, -0.25) is 4.79 Å². The topological polar surface area (TPSA) is 89.5 Å². The molecule has 1 aliphatic heterocycles. The number of nitrogens with zero attached hydrogens (tertiary/aromatic N) is 4. The Morgan fingerprint density at radius 3 is 2.83 bits per heavy atom. The smallest absolute Gasteiger partial charge is 0.270 e. The summed E-state index contributed by atoms with van der Waals surface area (Å²) >= 11 is 0. The maximum absolute atomic E-state index is 12.3. The van der Waals surface area contributed by atoms with Crippen molar-refractivity contribution >= 4 is 11.7 Å². The molecule has 0 aliphatic carbocycles. The predicted molar refractivity (Wildman–Crippen MR) is 87.0 cm³/mol. The zero-order chi connectivity index (χ0) is 16.8. The number of anilines is 1. The number of morpholine rings is 1. The van der Waals surface area contributed by atoms with Gasteiger partial charge in [-0.1, -0.05) is 6.07 Å². The highest BCUT2D eigenvalue weighted by atomic mass is 16.5. The molecule has 1 saturated heterocycles. The van der Waals surface area contributed by atoms with E-state index in [4.69, 9.17) is 9.47 Å². The number of aromatic nitrogens is 3. The van der Waals surface area contributed by atoms with Gasteiger partial charge in [-0.05, 0) is 5.56 Å². The van der Waals surface area contributed by atoms with Gasteiger partial charge in [-0.15, -0.1) is 0 Å². The van der Waals surface area contributed by atoms with Gasteiger partial charge in [0.15, 0.2) is 0 Å². The molecule has 0 spiro atoms. The van der Waals surface area contributed by atoms with Crippen LogP contribution in [0.3, 0.4) is 0 Å². The monoisotopic (exact) mass is 329 g/mol. The molecule has 8 nitrogen and oxygen atoms in total. The second kappa shape index (κ2) is 7.69. The van der Waals surface area contributed by atoms with Crippen LogP contribution in [0.1, 0.15) is 16.1 Å². The molecule has 24 heavy (non-hydrogen) atoms. The maximum atomic E-state index is 12.3. The second-order valence-corrected chi connectivity index (χ2v) is 5.25.